The maximum absolute atomic E-state index is 5.51. The standard InChI is InChI=1S/C14H25N3O/c1-13-4-5-14(18-13)12-16-6-2-3-9-17-10-7-15-8-11-17/h4-5,15-16H,2-3,6-12H2,1H3. The second kappa shape index (κ2) is 7.56. The predicted molar refractivity (Wildman–Crippen MR) is 73.7 cm³/mol. The molecule has 1 aromatic heterocycles. The maximum Gasteiger partial charge on any atom is 0.117 e. The topological polar surface area (TPSA) is 40.4 Å². The third-order valence-electron chi connectivity index (χ3n) is 3.38. The van der Waals surface area contributed by atoms with Gasteiger partial charge in [-0.05, 0) is 45.0 Å². The molecule has 1 aliphatic heterocycles. The predicted octanol–water partition coefficient (Wildman–Crippen LogP) is 1.36. The summed E-state index contributed by atoms with van der Waals surface area (Å²) in [6, 6.07) is 4.06. The van der Waals surface area contributed by atoms with Crippen molar-refractivity contribution in [3.63, 3.8) is 0 Å². The van der Waals surface area contributed by atoms with Crippen LogP contribution in [0.3, 0.4) is 0 Å². The number of hydrogen-bond acceptors (Lipinski definition) is 4. The van der Waals surface area contributed by atoms with Crippen LogP contribution < -0.4 is 10.6 Å². The van der Waals surface area contributed by atoms with Crippen molar-refractivity contribution in [2.24, 2.45) is 0 Å². The highest BCUT2D eigenvalue weighted by Gasteiger charge is 2.07. The Kier molecular flexibility index (Phi) is 5.71. The van der Waals surface area contributed by atoms with E-state index in [1.54, 1.807) is 0 Å². The van der Waals surface area contributed by atoms with Crippen LogP contribution in [0.1, 0.15) is 24.4 Å². The molecule has 0 aliphatic carbocycles. The fourth-order valence-corrected chi connectivity index (χ4v) is 2.31. The summed E-state index contributed by atoms with van der Waals surface area (Å²) in [4.78, 5) is 2.55. The molecule has 1 aliphatic rings. The summed E-state index contributed by atoms with van der Waals surface area (Å²) in [5.41, 5.74) is 0. The van der Waals surface area contributed by atoms with E-state index >= 15 is 0 Å². The van der Waals surface area contributed by atoms with E-state index in [4.69, 9.17) is 4.42 Å². The van der Waals surface area contributed by atoms with Crippen LogP contribution in [-0.4, -0.2) is 44.2 Å². The highest BCUT2D eigenvalue weighted by molar-refractivity contribution is 5.04. The van der Waals surface area contributed by atoms with Crippen molar-refractivity contribution < 1.29 is 4.42 Å². The van der Waals surface area contributed by atoms with E-state index in [9.17, 15) is 0 Å². The van der Waals surface area contributed by atoms with E-state index in [1.165, 1.54) is 32.5 Å². The number of furan rings is 1. The molecule has 0 radical (unpaired) electrons. The van der Waals surface area contributed by atoms with Crippen molar-refractivity contribution >= 4 is 0 Å². The molecule has 0 aromatic carbocycles. The van der Waals surface area contributed by atoms with Gasteiger partial charge in [-0.25, -0.2) is 0 Å². The third-order valence-corrected chi connectivity index (χ3v) is 3.38. The zero-order chi connectivity index (χ0) is 12.6. The van der Waals surface area contributed by atoms with Gasteiger partial charge in [0.25, 0.3) is 0 Å². The molecule has 0 unspecified atom stereocenters. The molecule has 1 aromatic rings. The Morgan fingerprint density at radius 1 is 1.28 bits per heavy atom. The van der Waals surface area contributed by atoms with Crippen molar-refractivity contribution in [2.75, 3.05) is 39.3 Å². The molecule has 1 saturated heterocycles. The number of unbranched alkanes of at least 4 members (excludes halogenated alkanes) is 1. The Bertz CT molecular complexity index is 332. The molecule has 1 fully saturated rings. The Labute approximate surface area is 110 Å². The molecule has 0 atom stereocenters. The average molecular weight is 251 g/mol. The van der Waals surface area contributed by atoms with Crippen LogP contribution in [0.5, 0.6) is 0 Å². The zero-order valence-corrected chi connectivity index (χ0v) is 11.4. The fraction of sp³-hybridized carbons (Fsp3) is 0.714. The SMILES string of the molecule is Cc1ccc(CNCCCCN2CCNCC2)o1. The minimum absolute atomic E-state index is 0.849. The molecule has 2 heterocycles. The number of nitrogens with zero attached hydrogens (tertiary/aromatic N) is 1. The van der Waals surface area contributed by atoms with E-state index in [2.05, 4.69) is 15.5 Å². The molecule has 0 saturated carbocycles. The largest absolute Gasteiger partial charge is 0.465 e. The van der Waals surface area contributed by atoms with Crippen molar-refractivity contribution in [1.29, 1.82) is 0 Å². The van der Waals surface area contributed by atoms with Crippen molar-refractivity contribution in [3.05, 3.63) is 23.7 Å². The zero-order valence-electron chi connectivity index (χ0n) is 11.4. The summed E-state index contributed by atoms with van der Waals surface area (Å²) in [7, 11) is 0. The van der Waals surface area contributed by atoms with Crippen LogP contribution in [0.25, 0.3) is 0 Å². The summed E-state index contributed by atoms with van der Waals surface area (Å²) < 4.78 is 5.51. The first-order valence-corrected chi connectivity index (χ1v) is 7.04. The van der Waals surface area contributed by atoms with Gasteiger partial charge in [0.1, 0.15) is 11.5 Å². The van der Waals surface area contributed by atoms with E-state index in [1.807, 2.05) is 19.1 Å². The molecule has 2 N–H and O–H groups in total. The second-order valence-corrected chi connectivity index (χ2v) is 4.99. The van der Waals surface area contributed by atoms with Crippen LogP contribution in [0, 0.1) is 6.92 Å². The second-order valence-electron chi connectivity index (χ2n) is 4.99. The Balaban J connectivity index is 1.46. The lowest BCUT2D eigenvalue weighted by atomic mass is 10.2. The normalized spacial score (nSPS) is 17.2. The van der Waals surface area contributed by atoms with Gasteiger partial charge in [-0.3, -0.25) is 0 Å². The Morgan fingerprint density at radius 2 is 2.11 bits per heavy atom. The van der Waals surface area contributed by atoms with Crippen LogP contribution in [0.2, 0.25) is 0 Å². The molecule has 0 amide bonds. The highest BCUT2D eigenvalue weighted by Crippen LogP contribution is 2.05. The minimum atomic E-state index is 0.849. The molecule has 2 rings (SSSR count). The molecular weight excluding hydrogens is 226 g/mol. The number of aryl methyl sites for hydroxylation is 1. The molecule has 102 valence electrons. The smallest absolute Gasteiger partial charge is 0.117 e. The van der Waals surface area contributed by atoms with Gasteiger partial charge >= 0.3 is 0 Å². The van der Waals surface area contributed by atoms with Crippen molar-refractivity contribution in [1.82, 2.24) is 15.5 Å². The summed E-state index contributed by atoms with van der Waals surface area (Å²) in [6.45, 7) is 9.86. The van der Waals surface area contributed by atoms with Gasteiger partial charge in [0.05, 0.1) is 6.54 Å². The first-order valence-electron chi connectivity index (χ1n) is 7.04. The van der Waals surface area contributed by atoms with Gasteiger partial charge in [0.15, 0.2) is 0 Å². The quantitative estimate of drug-likeness (QED) is 0.718. The summed E-state index contributed by atoms with van der Waals surface area (Å²) in [6.07, 6.45) is 2.52. The lowest BCUT2D eigenvalue weighted by Gasteiger charge is -2.27. The van der Waals surface area contributed by atoms with Crippen molar-refractivity contribution in [3.8, 4) is 0 Å². The average Bonchev–Trinajstić information content (AvgIpc) is 2.81. The number of rotatable bonds is 7. The van der Waals surface area contributed by atoms with Crippen LogP contribution in [0.15, 0.2) is 16.5 Å². The van der Waals surface area contributed by atoms with Gasteiger partial charge in [-0.15, -0.1) is 0 Å². The Hall–Kier alpha value is -0.840. The fourth-order valence-electron chi connectivity index (χ4n) is 2.31. The first kappa shape index (κ1) is 13.6. The summed E-state index contributed by atoms with van der Waals surface area (Å²) >= 11 is 0. The molecule has 0 bridgehead atoms. The minimum Gasteiger partial charge on any atom is -0.465 e. The van der Waals surface area contributed by atoms with Gasteiger partial charge < -0.3 is 20.0 Å². The van der Waals surface area contributed by atoms with Gasteiger partial charge in [0.2, 0.25) is 0 Å². The molecular formula is C14H25N3O. The van der Waals surface area contributed by atoms with Gasteiger partial charge in [0, 0.05) is 26.2 Å². The van der Waals surface area contributed by atoms with E-state index in [0.29, 0.717) is 0 Å². The number of piperazine rings is 1. The number of nitrogens with one attached hydrogen (secondary N) is 2. The molecule has 4 nitrogen and oxygen atoms in total. The molecule has 4 heteroatoms. The lowest BCUT2D eigenvalue weighted by molar-refractivity contribution is 0.236. The maximum atomic E-state index is 5.51. The summed E-state index contributed by atoms with van der Waals surface area (Å²) in [5.74, 6) is 2.03. The molecule has 18 heavy (non-hydrogen) atoms. The Morgan fingerprint density at radius 3 is 2.83 bits per heavy atom. The first-order chi connectivity index (χ1) is 8.84. The lowest BCUT2D eigenvalue weighted by Crippen LogP contribution is -2.43. The van der Waals surface area contributed by atoms with Gasteiger partial charge in [-0.1, -0.05) is 0 Å². The summed E-state index contributed by atoms with van der Waals surface area (Å²) in [5, 5.41) is 6.81. The van der Waals surface area contributed by atoms with E-state index in [-0.39, 0.29) is 0 Å². The van der Waals surface area contributed by atoms with Gasteiger partial charge in [-0.2, -0.15) is 0 Å². The molecule has 0 spiro atoms. The third kappa shape index (κ3) is 4.80. The number of hydrogen-bond donors (Lipinski definition) is 2. The highest BCUT2D eigenvalue weighted by atomic mass is 16.3. The van der Waals surface area contributed by atoms with Crippen LogP contribution in [0.4, 0.5) is 0 Å². The monoisotopic (exact) mass is 251 g/mol. The van der Waals surface area contributed by atoms with E-state index in [0.717, 1.165) is 37.7 Å². The van der Waals surface area contributed by atoms with E-state index < -0.39 is 0 Å². The van der Waals surface area contributed by atoms with Crippen LogP contribution in [-0.2, 0) is 6.54 Å². The van der Waals surface area contributed by atoms with Crippen LogP contribution >= 0.6 is 0 Å². The van der Waals surface area contributed by atoms with Crippen molar-refractivity contribution in [2.45, 2.75) is 26.3 Å².